The van der Waals surface area contributed by atoms with Gasteiger partial charge in [-0.05, 0) is 41.8 Å². The van der Waals surface area contributed by atoms with Gasteiger partial charge in [-0.2, -0.15) is 0 Å². The summed E-state index contributed by atoms with van der Waals surface area (Å²) in [6.07, 6.45) is 1.62. The quantitative estimate of drug-likeness (QED) is 0.595. The van der Waals surface area contributed by atoms with Crippen molar-refractivity contribution in [2.75, 3.05) is 10.6 Å². The number of rotatable bonds is 5. The van der Waals surface area contributed by atoms with E-state index >= 15 is 0 Å². The molecule has 1 heterocycles. The van der Waals surface area contributed by atoms with E-state index in [1.165, 1.54) is 5.56 Å². The summed E-state index contributed by atoms with van der Waals surface area (Å²) in [7, 11) is 0. The van der Waals surface area contributed by atoms with Gasteiger partial charge in [0.25, 0.3) is 5.91 Å². The summed E-state index contributed by atoms with van der Waals surface area (Å²) in [5, 5.41) is 6.55. The number of carbonyl (C=O) groups is 1. The molecular formula is C21H20ClN3O. The second-order valence-corrected chi connectivity index (χ2v) is 6.64. The molecule has 0 spiro atoms. The molecule has 0 bridgehead atoms. The zero-order valence-electron chi connectivity index (χ0n) is 14.7. The third kappa shape index (κ3) is 4.21. The summed E-state index contributed by atoms with van der Waals surface area (Å²) in [4.78, 5) is 16.7. The molecule has 1 amide bonds. The van der Waals surface area contributed by atoms with E-state index in [1.54, 1.807) is 30.5 Å². The van der Waals surface area contributed by atoms with Crippen LogP contribution in [0.25, 0.3) is 0 Å². The topological polar surface area (TPSA) is 54.0 Å². The van der Waals surface area contributed by atoms with Crippen molar-refractivity contribution in [3.63, 3.8) is 0 Å². The molecule has 0 atom stereocenters. The predicted octanol–water partition coefficient (Wildman–Crippen LogP) is 5.85. The van der Waals surface area contributed by atoms with Crippen LogP contribution in [0.5, 0.6) is 0 Å². The first-order valence-corrected chi connectivity index (χ1v) is 8.80. The van der Waals surface area contributed by atoms with Gasteiger partial charge in [0.05, 0.1) is 22.5 Å². The predicted molar refractivity (Wildman–Crippen MR) is 107 cm³/mol. The van der Waals surface area contributed by atoms with E-state index in [1.807, 2.05) is 30.3 Å². The van der Waals surface area contributed by atoms with E-state index in [-0.39, 0.29) is 5.91 Å². The van der Waals surface area contributed by atoms with Gasteiger partial charge in [0.1, 0.15) is 5.82 Å². The number of amides is 1. The molecular weight excluding hydrogens is 346 g/mol. The highest BCUT2D eigenvalue weighted by Crippen LogP contribution is 2.26. The molecule has 0 saturated heterocycles. The average Bonchev–Trinajstić information content (AvgIpc) is 2.64. The van der Waals surface area contributed by atoms with Crippen molar-refractivity contribution in [2.45, 2.75) is 19.8 Å². The summed E-state index contributed by atoms with van der Waals surface area (Å²) < 4.78 is 0. The van der Waals surface area contributed by atoms with Crippen LogP contribution in [0, 0.1) is 0 Å². The normalized spacial score (nSPS) is 10.6. The maximum Gasteiger partial charge on any atom is 0.257 e. The number of aromatic nitrogens is 1. The first-order chi connectivity index (χ1) is 12.5. The molecule has 0 aliphatic rings. The second kappa shape index (κ2) is 8.02. The Morgan fingerprint density at radius 1 is 1.00 bits per heavy atom. The molecule has 0 fully saturated rings. The molecule has 5 heteroatoms. The summed E-state index contributed by atoms with van der Waals surface area (Å²) in [5.41, 5.74) is 3.30. The van der Waals surface area contributed by atoms with Crippen LogP contribution >= 0.6 is 11.6 Å². The van der Waals surface area contributed by atoms with Gasteiger partial charge in [-0.25, -0.2) is 4.98 Å². The van der Waals surface area contributed by atoms with Crippen LogP contribution in [0.1, 0.15) is 35.7 Å². The van der Waals surface area contributed by atoms with Crippen molar-refractivity contribution in [1.29, 1.82) is 0 Å². The van der Waals surface area contributed by atoms with Gasteiger partial charge < -0.3 is 10.6 Å². The monoisotopic (exact) mass is 365 g/mol. The lowest BCUT2D eigenvalue weighted by atomic mass is 10.0. The highest BCUT2D eigenvalue weighted by molar-refractivity contribution is 6.34. The smallest absolute Gasteiger partial charge is 0.257 e. The Morgan fingerprint density at radius 3 is 2.42 bits per heavy atom. The van der Waals surface area contributed by atoms with Crippen LogP contribution in [0.4, 0.5) is 17.2 Å². The Kier molecular flexibility index (Phi) is 5.54. The van der Waals surface area contributed by atoms with E-state index in [4.69, 9.17) is 11.6 Å². The fraction of sp³-hybridized carbons (Fsp3) is 0.143. The molecule has 132 valence electrons. The maximum atomic E-state index is 12.3. The minimum Gasteiger partial charge on any atom is -0.340 e. The maximum absolute atomic E-state index is 12.3. The molecule has 26 heavy (non-hydrogen) atoms. The number of nitrogens with one attached hydrogen (secondary N) is 2. The van der Waals surface area contributed by atoms with Crippen LogP contribution in [-0.2, 0) is 0 Å². The van der Waals surface area contributed by atoms with Crippen LogP contribution in [0.3, 0.4) is 0 Å². The fourth-order valence-electron chi connectivity index (χ4n) is 2.64. The number of benzene rings is 2. The lowest BCUT2D eigenvalue weighted by Gasteiger charge is -2.14. The third-order valence-corrected chi connectivity index (χ3v) is 4.31. The largest absolute Gasteiger partial charge is 0.340 e. The van der Waals surface area contributed by atoms with Crippen molar-refractivity contribution >= 4 is 34.7 Å². The van der Waals surface area contributed by atoms with Crippen molar-refractivity contribution in [3.8, 4) is 0 Å². The number of anilines is 3. The molecule has 3 rings (SSSR count). The molecule has 2 aromatic carbocycles. The lowest BCUT2D eigenvalue weighted by Crippen LogP contribution is -2.12. The molecule has 2 N–H and O–H groups in total. The molecule has 0 aliphatic carbocycles. The third-order valence-electron chi connectivity index (χ3n) is 3.99. The minimum absolute atomic E-state index is 0.261. The summed E-state index contributed by atoms with van der Waals surface area (Å²) in [6, 6.07) is 18.7. The fourth-order valence-corrected chi connectivity index (χ4v) is 2.86. The van der Waals surface area contributed by atoms with Gasteiger partial charge in [-0.1, -0.05) is 55.8 Å². The van der Waals surface area contributed by atoms with E-state index < -0.39 is 0 Å². The van der Waals surface area contributed by atoms with Gasteiger partial charge in [-0.3, -0.25) is 4.79 Å². The molecule has 4 nitrogen and oxygen atoms in total. The number of halogens is 1. The highest BCUT2D eigenvalue weighted by atomic mass is 35.5. The Bertz CT molecular complexity index is 907. The molecule has 0 unspecified atom stereocenters. The molecule has 1 aromatic heterocycles. The van der Waals surface area contributed by atoms with Gasteiger partial charge in [0.15, 0.2) is 0 Å². The van der Waals surface area contributed by atoms with Crippen LogP contribution in [-0.4, -0.2) is 10.9 Å². The SMILES string of the molecule is CC(C)c1ccccc1Nc1ccc(NC(=O)c2ccccc2Cl)cn1. The second-order valence-electron chi connectivity index (χ2n) is 6.23. The Balaban J connectivity index is 1.71. The van der Waals surface area contributed by atoms with E-state index in [0.717, 1.165) is 5.69 Å². The van der Waals surface area contributed by atoms with Gasteiger partial charge in [0, 0.05) is 5.69 Å². The van der Waals surface area contributed by atoms with Crippen molar-refractivity contribution in [3.05, 3.63) is 83.0 Å². The summed E-state index contributed by atoms with van der Waals surface area (Å²) in [6.45, 7) is 4.31. The Labute approximate surface area is 158 Å². The van der Waals surface area contributed by atoms with Gasteiger partial charge in [0.2, 0.25) is 0 Å². The Hall–Kier alpha value is -2.85. The number of hydrogen-bond acceptors (Lipinski definition) is 3. The molecule has 3 aromatic rings. The summed E-state index contributed by atoms with van der Waals surface area (Å²) in [5.74, 6) is 0.866. The summed E-state index contributed by atoms with van der Waals surface area (Å²) >= 11 is 6.05. The van der Waals surface area contributed by atoms with E-state index in [2.05, 4.69) is 35.5 Å². The van der Waals surface area contributed by atoms with E-state index in [0.29, 0.717) is 28.0 Å². The number of carbonyl (C=O) groups excluding carboxylic acids is 1. The lowest BCUT2D eigenvalue weighted by molar-refractivity contribution is 0.102. The molecule has 0 radical (unpaired) electrons. The van der Waals surface area contributed by atoms with Crippen LogP contribution in [0.15, 0.2) is 66.9 Å². The zero-order chi connectivity index (χ0) is 18.5. The van der Waals surface area contributed by atoms with Crippen LogP contribution in [0.2, 0.25) is 5.02 Å². The van der Waals surface area contributed by atoms with Crippen molar-refractivity contribution in [1.82, 2.24) is 4.98 Å². The van der Waals surface area contributed by atoms with Crippen molar-refractivity contribution < 1.29 is 4.79 Å². The van der Waals surface area contributed by atoms with Crippen molar-refractivity contribution in [2.24, 2.45) is 0 Å². The number of pyridine rings is 1. The van der Waals surface area contributed by atoms with Gasteiger partial charge >= 0.3 is 0 Å². The first-order valence-electron chi connectivity index (χ1n) is 8.42. The van der Waals surface area contributed by atoms with Crippen LogP contribution < -0.4 is 10.6 Å². The highest BCUT2D eigenvalue weighted by Gasteiger charge is 2.10. The van der Waals surface area contributed by atoms with Gasteiger partial charge in [-0.15, -0.1) is 0 Å². The first kappa shape index (κ1) is 18.0. The molecule has 0 saturated carbocycles. The Morgan fingerprint density at radius 2 is 1.73 bits per heavy atom. The van der Waals surface area contributed by atoms with E-state index in [9.17, 15) is 4.79 Å². The number of para-hydroxylation sites is 1. The molecule has 0 aliphatic heterocycles. The average molecular weight is 366 g/mol. The standard InChI is InChI=1S/C21H20ClN3O/c1-14(2)16-7-4-6-10-19(16)25-20-12-11-15(13-23-20)24-21(26)17-8-3-5-9-18(17)22/h3-14H,1-2H3,(H,23,25)(H,24,26). The number of hydrogen-bond donors (Lipinski definition) is 2. The minimum atomic E-state index is -0.261. The number of nitrogens with zero attached hydrogens (tertiary/aromatic N) is 1. The zero-order valence-corrected chi connectivity index (χ0v) is 15.4.